The summed E-state index contributed by atoms with van der Waals surface area (Å²) in [6, 6.07) is 68.4. The van der Waals surface area contributed by atoms with Crippen LogP contribution in [-0.2, 0) is 0 Å². The summed E-state index contributed by atoms with van der Waals surface area (Å²) in [6.45, 7) is 4.47. The third kappa shape index (κ3) is 5.98. The monoisotopic (exact) mass is 683 g/mol. The highest BCUT2D eigenvalue weighted by molar-refractivity contribution is 7.25. The lowest BCUT2D eigenvalue weighted by atomic mass is 9.92. The Morgan fingerprint density at radius 3 is 1.37 bits per heavy atom. The quantitative estimate of drug-likeness (QED) is 0.162. The topological polar surface area (TPSA) is 3.24 Å². The summed E-state index contributed by atoms with van der Waals surface area (Å²) in [7, 11) is 0. The summed E-state index contributed by atoms with van der Waals surface area (Å²) >= 11 is 1.87. The molecule has 0 N–H and O–H groups in total. The number of aryl methyl sites for hydroxylation is 2. The van der Waals surface area contributed by atoms with Crippen molar-refractivity contribution in [3.8, 4) is 44.5 Å². The van der Waals surface area contributed by atoms with Crippen LogP contribution >= 0.6 is 11.3 Å². The fourth-order valence-corrected chi connectivity index (χ4v) is 8.54. The number of anilines is 3. The molecular weight excluding hydrogens is 647 g/mol. The average molecular weight is 684 g/mol. The van der Waals surface area contributed by atoms with Gasteiger partial charge in [-0.3, -0.25) is 0 Å². The van der Waals surface area contributed by atoms with E-state index in [1.807, 2.05) is 11.3 Å². The summed E-state index contributed by atoms with van der Waals surface area (Å²) in [5, 5.41) is 2.67. The summed E-state index contributed by atoms with van der Waals surface area (Å²) in [5.41, 5.74) is 15.8. The maximum atomic E-state index is 2.36. The van der Waals surface area contributed by atoms with Gasteiger partial charge in [-0.25, -0.2) is 0 Å². The molecule has 1 heterocycles. The number of rotatable bonds is 7. The SMILES string of the molecule is Cc1cc(-c2ccc3sc4ccccc4c3c2)ccc1-c1ccc(N(c2ccc(-c3ccccc3)cc2)c2ccc(-c3ccccc3)cc2)cc1C. The predicted octanol–water partition coefficient (Wildman–Crippen LogP) is 14.8. The molecule has 52 heavy (non-hydrogen) atoms. The zero-order valence-electron chi connectivity index (χ0n) is 29.3. The molecule has 0 saturated carbocycles. The average Bonchev–Trinajstić information content (AvgIpc) is 3.58. The van der Waals surface area contributed by atoms with Crippen LogP contribution in [0.3, 0.4) is 0 Å². The van der Waals surface area contributed by atoms with Gasteiger partial charge in [0.1, 0.15) is 0 Å². The van der Waals surface area contributed by atoms with Crippen molar-refractivity contribution in [1.29, 1.82) is 0 Å². The first kappa shape index (κ1) is 31.7. The summed E-state index contributed by atoms with van der Waals surface area (Å²) in [4.78, 5) is 2.36. The van der Waals surface area contributed by atoms with E-state index in [2.05, 4.69) is 207 Å². The zero-order valence-corrected chi connectivity index (χ0v) is 30.1. The summed E-state index contributed by atoms with van der Waals surface area (Å²) < 4.78 is 2.68. The van der Waals surface area contributed by atoms with E-state index >= 15 is 0 Å². The Labute approximate surface area is 309 Å². The summed E-state index contributed by atoms with van der Waals surface area (Å²) in [6.07, 6.45) is 0. The highest BCUT2D eigenvalue weighted by atomic mass is 32.1. The van der Waals surface area contributed by atoms with Gasteiger partial charge in [-0.2, -0.15) is 0 Å². The Morgan fingerprint density at radius 1 is 0.327 bits per heavy atom. The maximum absolute atomic E-state index is 2.36. The first-order valence-electron chi connectivity index (χ1n) is 17.8. The molecule has 1 nitrogen and oxygen atoms in total. The van der Waals surface area contributed by atoms with Crippen molar-refractivity contribution >= 4 is 48.6 Å². The number of thiophene rings is 1. The number of hydrogen-bond acceptors (Lipinski definition) is 2. The van der Waals surface area contributed by atoms with Crippen LogP contribution in [0.2, 0.25) is 0 Å². The van der Waals surface area contributed by atoms with Gasteiger partial charge in [0.05, 0.1) is 0 Å². The molecule has 1 aromatic heterocycles. The van der Waals surface area contributed by atoms with Gasteiger partial charge in [-0.15, -0.1) is 11.3 Å². The normalized spacial score (nSPS) is 11.3. The van der Waals surface area contributed by atoms with E-state index in [0.29, 0.717) is 0 Å². The first-order valence-corrected chi connectivity index (χ1v) is 18.7. The smallest absolute Gasteiger partial charge is 0.0464 e. The van der Waals surface area contributed by atoms with Gasteiger partial charge in [0, 0.05) is 37.2 Å². The van der Waals surface area contributed by atoms with Gasteiger partial charge >= 0.3 is 0 Å². The highest BCUT2D eigenvalue weighted by Crippen LogP contribution is 2.41. The Kier molecular flexibility index (Phi) is 8.23. The standard InChI is InChI=1S/C50H37NS/c1-34-31-40(41-22-30-50-48(33-41)47-15-9-10-16-49(47)52-50)21-28-45(34)46-29-27-44(32-35(46)2)51(42-23-17-38(18-24-42)36-11-5-3-6-12-36)43-25-19-39(20-26-43)37-13-7-4-8-14-37/h3-33H,1-2H3. The molecule has 248 valence electrons. The van der Waals surface area contributed by atoms with Crippen molar-refractivity contribution in [3.63, 3.8) is 0 Å². The second-order valence-electron chi connectivity index (χ2n) is 13.5. The van der Waals surface area contributed by atoms with E-state index in [-0.39, 0.29) is 0 Å². The molecule has 0 amide bonds. The maximum Gasteiger partial charge on any atom is 0.0464 e. The van der Waals surface area contributed by atoms with Crippen LogP contribution in [0.5, 0.6) is 0 Å². The van der Waals surface area contributed by atoms with Crippen molar-refractivity contribution in [2.45, 2.75) is 13.8 Å². The van der Waals surface area contributed by atoms with Crippen LogP contribution in [0.4, 0.5) is 17.1 Å². The minimum absolute atomic E-state index is 1.12. The van der Waals surface area contributed by atoms with Gasteiger partial charge in [0.2, 0.25) is 0 Å². The van der Waals surface area contributed by atoms with Gasteiger partial charge < -0.3 is 4.90 Å². The second-order valence-corrected chi connectivity index (χ2v) is 14.6. The Hall–Kier alpha value is -6.22. The first-order chi connectivity index (χ1) is 25.6. The van der Waals surface area contributed by atoms with Crippen molar-refractivity contribution in [1.82, 2.24) is 0 Å². The largest absolute Gasteiger partial charge is 0.310 e. The molecule has 0 fully saturated rings. The van der Waals surface area contributed by atoms with Crippen molar-refractivity contribution < 1.29 is 0 Å². The molecular formula is C50H37NS. The molecule has 0 aliphatic carbocycles. The molecule has 0 atom stereocenters. The van der Waals surface area contributed by atoms with E-state index in [1.165, 1.54) is 75.8 Å². The van der Waals surface area contributed by atoms with Crippen LogP contribution in [0.15, 0.2) is 188 Å². The van der Waals surface area contributed by atoms with Gasteiger partial charge in [-0.05, 0) is 124 Å². The number of nitrogens with zero attached hydrogens (tertiary/aromatic N) is 1. The molecule has 0 bridgehead atoms. The molecule has 0 unspecified atom stereocenters. The molecule has 0 saturated heterocycles. The van der Waals surface area contributed by atoms with Crippen molar-refractivity contribution in [2.24, 2.45) is 0 Å². The molecule has 2 heteroatoms. The van der Waals surface area contributed by atoms with Crippen molar-refractivity contribution in [3.05, 3.63) is 199 Å². The fourth-order valence-electron chi connectivity index (χ4n) is 7.45. The Morgan fingerprint density at radius 2 is 0.769 bits per heavy atom. The van der Waals surface area contributed by atoms with E-state index in [4.69, 9.17) is 0 Å². The lowest BCUT2D eigenvalue weighted by Gasteiger charge is -2.27. The van der Waals surface area contributed by atoms with E-state index < -0.39 is 0 Å². The minimum Gasteiger partial charge on any atom is -0.310 e. The van der Waals surface area contributed by atoms with Gasteiger partial charge in [0.25, 0.3) is 0 Å². The molecule has 9 rings (SSSR count). The molecule has 9 aromatic rings. The van der Waals surface area contributed by atoms with Crippen LogP contribution in [0.25, 0.3) is 64.7 Å². The number of fused-ring (bicyclic) bond motifs is 3. The molecule has 0 radical (unpaired) electrons. The van der Waals surface area contributed by atoms with Gasteiger partial charge in [0.15, 0.2) is 0 Å². The number of benzene rings is 8. The third-order valence-corrected chi connectivity index (χ3v) is 11.3. The molecule has 0 aliphatic heterocycles. The second kappa shape index (κ2) is 13.5. The zero-order chi connectivity index (χ0) is 35.0. The molecule has 0 spiro atoms. The minimum atomic E-state index is 1.12. The van der Waals surface area contributed by atoms with Crippen LogP contribution in [-0.4, -0.2) is 0 Å². The van der Waals surface area contributed by atoms with Crippen LogP contribution in [0, 0.1) is 13.8 Å². The lowest BCUT2D eigenvalue weighted by Crippen LogP contribution is -2.10. The highest BCUT2D eigenvalue weighted by Gasteiger charge is 2.16. The fraction of sp³-hybridized carbons (Fsp3) is 0.0400. The molecule has 0 aliphatic rings. The Bertz CT molecular complexity index is 2590. The summed E-state index contributed by atoms with van der Waals surface area (Å²) in [5.74, 6) is 0. The lowest BCUT2D eigenvalue weighted by molar-refractivity contribution is 1.27. The third-order valence-electron chi connectivity index (χ3n) is 10.2. The van der Waals surface area contributed by atoms with Crippen LogP contribution in [0.1, 0.15) is 11.1 Å². The predicted molar refractivity (Wildman–Crippen MR) is 225 cm³/mol. The number of hydrogen-bond donors (Lipinski definition) is 0. The van der Waals surface area contributed by atoms with Gasteiger partial charge in [-0.1, -0.05) is 133 Å². The van der Waals surface area contributed by atoms with E-state index in [0.717, 1.165) is 17.1 Å². The molecule has 8 aromatic carbocycles. The van der Waals surface area contributed by atoms with Crippen molar-refractivity contribution in [2.75, 3.05) is 4.90 Å². The Balaban J connectivity index is 1.07. The van der Waals surface area contributed by atoms with Crippen LogP contribution < -0.4 is 4.90 Å². The van der Waals surface area contributed by atoms with E-state index in [1.54, 1.807) is 0 Å². The van der Waals surface area contributed by atoms with E-state index in [9.17, 15) is 0 Å².